The molecule has 4 heterocycles. The number of hydrogen-bond acceptors (Lipinski definition) is 6. The van der Waals surface area contributed by atoms with Gasteiger partial charge in [0, 0.05) is 42.5 Å². The average Bonchev–Trinajstić information content (AvgIpc) is 2.96. The quantitative estimate of drug-likeness (QED) is 0.779. The van der Waals surface area contributed by atoms with Gasteiger partial charge in [0.2, 0.25) is 0 Å². The van der Waals surface area contributed by atoms with Crippen LogP contribution in [0.3, 0.4) is 0 Å². The highest BCUT2D eigenvalue weighted by molar-refractivity contribution is 7.18. The van der Waals surface area contributed by atoms with Crippen molar-refractivity contribution in [2.75, 3.05) is 24.6 Å². The molecular weight excluding hydrogens is 332 g/mol. The van der Waals surface area contributed by atoms with E-state index < -0.39 is 0 Å². The molecule has 0 unspecified atom stereocenters. The average molecular weight is 354 g/mol. The van der Waals surface area contributed by atoms with E-state index in [0.717, 1.165) is 53.4 Å². The van der Waals surface area contributed by atoms with Crippen LogP contribution in [0.1, 0.15) is 23.3 Å². The number of aliphatic hydroxyl groups excluding tert-OH is 1. The standard InChI is InChI=1S/C19H22N4OS/c1-12-13(2)25-19-16(12)18(23-8-4-5-14(10-23)11-24)21-17(22-19)15-6-3-7-20-9-15/h3,6-7,9,14,24H,4-5,8,10-11H2,1-2H3/t14-/m1/s1. The molecule has 1 N–H and O–H groups in total. The number of aliphatic hydroxyl groups is 1. The van der Waals surface area contributed by atoms with E-state index in [4.69, 9.17) is 9.97 Å². The Morgan fingerprint density at radius 1 is 1.32 bits per heavy atom. The second-order valence-electron chi connectivity index (χ2n) is 6.71. The van der Waals surface area contributed by atoms with E-state index in [1.807, 2.05) is 18.3 Å². The largest absolute Gasteiger partial charge is 0.396 e. The molecule has 1 atom stereocenters. The van der Waals surface area contributed by atoms with Crippen molar-refractivity contribution in [3.63, 3.8) is 0 Å². The number of pyridine rings is 1. The lowest BCUT2D eigenvalue weighted by atomic mass is 9.98. The van der Waals surface area contributed by atoms with Crippen LogP contribution in [0.15, 0.2) is 24.5 Å². The van der Waals surface area contributed by atoms with Gasteiger partial charge < -0.3 is 10.0 Å². The van der Waals surface area contributed by atoms with Crippen LogP contribution in [-0.4, -0.2) is 39.8 Å². The van der Waals surface area contributed by atoms with Gasteiger partial charge in [-0.25, -0.2) is 9.97 Å². The minimum atomic E-state index is 0.238. The summed E-state index contributed by atoms with van der Waals surface area (Å²) >= 11 is 1.72. The van der Waals surface area contributed by atoms with Gasteiger partial charge in [-0.3, -0.25) is 4.98 Å². The maximum absolute atomic E-state index is 9.59. The van der Waals surface area contributed by atoms with Crippen LogP contribution in [0.4, 0.5) is 5.82 Å². The number of hydrogen-bond donors (Lipinski definition) is 1. The van der Waals surface area contributed by atoms with Gasteiger partial charge in [-0.1, -0.05) is 0 Å². The number of fused-ring (bicyclic) bond motifs is 1. The first-order chi connectivity index (χ1) is 12.2. The van der Waals surface area contributed by atoms with E-state index >= 15 is 0 Å². The lowest BCUT2D eigenvalue weighted by Gasteiger charge is -2.33. The molecule has 1 aliphatic heterocycles. The van der Waals surface area contributed by atoms with Gasteiger partial charge in [-0.2, -0.15) is 0 Å². The minimum Gasteiger partial charge on any atom is -0.396 e. The number of aryl methyl sites for hydroxylation is 2. The SMILES string of the molecule is Cc1sc2nc(-c3cccnc3)nc(N3CCC[C@@H](CO)C3)c2c1C. The predicted molar refractivity (Wildman–Crippen MR) is 102 cm³/mol. The number of aromatic nitrogens is 3. The van der Waals surface area contributed by atoms with Gasteiger partial charge in [0.1, 0.15) is 10.6 Å². The summed E-state index contributed by atoms with van der Waals surface area (Å²) in [4.78, 5) is 18.6. The molecule has 1 saturated heterocycles. The molecule has 6 heteroatoms. The van der Waals surface area contributed by atoms with Crippen LogP contribution in [0.2, 0.25) is 0 Å². The minimum absolute atomic E-state index is 0.238. The van der Waals surface area contributed by atoms with Gasteiger partial charge in [-0.05, 0) is 50.3 Å². The highest BCUT2D eigenvalue weighted by Crippen LogP contribution is 2.37. The van der Waals surface area contributed by atoms with Crippen LogP contribution in [0, 0.1) is 19.8 Å². The molecule has 3 aromatic rings. The van der Waals surface area contributed by atoms with Crippen molar-refractivity contribution in [2.45, 2.75) is 26.7 Å². The lowest BCUT2D eigenvalue weighted by molar-refractivity contribution is 0.208. The first-order valence-electron chi connectivity index (χ1n) is 8.71. The van der Waals surface area contributed by atoms with Crippen molar-refractivity contribution in [1.82, 2.24) is 15.0 Å². The Hall–Kier alpha value is -2.05. The molecule has 4 rings (SSSR count). The van der Waals surface area contributed by atoms with Crippen LogP contribution in [0.25, 0.3) is 21.6 Å². The summed E-state index contributed by atoms with van der Waals surface area (Å²) in [5, 5.41) is 10.8. The van der Waals surface area contributed by atoms with E-state index in [2.05, 4.69) is 23.7 Å². The molecule has 0 bridgehead atoms. The summed E-state index contributed by atoms with van der Waals surface area (Å²) in [6, 6.07) is 3.91. The molecular formula is C19H22N4OS. The first-order valence-corrected chi connectivity index (χ1v) is 9.53. The number of rotatable bonds is 3. The molecule has 0 saturated carbocycles. The van der Waals surface area contributed by atoms with Gasteiger partial charge in [0.15, 0.2) is 5.82 Å². The zero-order valence-electron chi connectivity index (χ0n) is 14.6. The molecule has 1 fully saturated rings. The zero-order chi connectivity index (χ0) is 17.4. The molecule has 0 spiro atoms. The molecule has 0 amide bonds. The molecule has 3 aromatic heterocycles. The van der Waals surface area contributed by atoms with Crippen LogP contribution >= 0.6 is 11.3 Å². The third kappa shape index (κ3) is 3.00. The normalized spacial score (nSPS) is 18.0. The highest BCUT2D eigenvalue weighted by atomic mass is 32.1. The third-order valence-electron chi connectivity index (χ3n) is 5.01. The highest BCUT2D eigenvalue weighted by Gasteiger charge is 2.25. The van der Waals surface area contributed by atoms with E-state index in [0.29, 0.717) is 5.92 Å². The van der Waals surface area contributed by atoms with Crippen molar-refractivity contribution >= 4 is 27.4 Å². The van der Waals surface area contributed by atoms with Gasteiger partial charge in [0.25, 0.3) is 0 Å². The summed E-state index contributed by atoms with van der Waals surface area (Å²) in [6.07, 6.45) is 5.74. The third-order valence-corrected chi connectivity index (χ3v) is 6.11. The molecule has 130 valence electrons. The molecule has 0 aliphatic carbocycles. The van der Waals surface area contributed by atoms with Crippen LogP contribution in [0.5, 0.6) is 0 Å². The van der Waals surface area contributed by atoms with Gasteiger partial charge >= 0.3 is 0 Å². The van der Waals surface area contributed by atoms with Crippen LogP contribution < -0.4 is 4.90 Å². The second kappa shape index (κ2) is 6.69. The van der Waals surface area contributed by atoms with Crippen molar-refractivity contribution in [2.24, 2.45) is 5.92 Å². The van der Waals surface area contributed by atoms with Crippen molar-refractivity contribution in [3.05, 3.63) is 35.0 Å². The van der Waals surface area contributed by atoms with Crippen LogP contribution in [-0.2, 0) is 0 Å². The Kier molecular flexibility index (Phi) is 4.39. The van der Waals surface area contributed by atoms with Gasteiger partial charge in [0.05, 0.1) is 5.39 Å². The van der Waals surface area contributed by atoms with E-state index in [9.17, 15) is 5.11 Å². The van der Waals surface area contributed by atoms with Crippen molar-refractivity contribution in [1.29, 1.82) is 0 Å². The summed E-state index contributed by atoms with van der Waals surface area (Å²) in [6.45, 7) is 6.36. The summed E-state index contributed by atoms with van der Waals surface area (Å²) in [5.41, 5.74) is 2.20. The number of thiophene rings is 1. The van der Waals surface area contributed by atoms with Crippen molar-refractivity contribution in [3.8, 4) is 11.4 Å². The van der Waals surface area contributed by atoms with E-state index in [1.165, 1.54) is 10.4 Å². The summed E-state index contributed by atoms with van der Waals surface area (Å²) < 4.78 is 0. The monoisotopic (exact) mass is 354 g/mol. The van der Waals surface area contributed by atoms with E-state index in [-0.39, 0.29) is 6.61 Å². The summed E-state index contributed by atoms with van der Waals surface area (Å²) in [5.74, 6) is 2.05. The smallest absolute Gasteiger partial charge is 0.164 e. The number of anilines is 1. The van der Waals surface area contributed by atoms with Gasteiger partial charge in [-0.15, -0.1) is 11.3 Å². The van der Waals surface area contributed by atoms with Crippen molar-refractivity contribution < 1.29 is 5.11 Å². The molecule has 0 radical (unpaired) electrons. The first kappa shape index (κ1) is 16.4. The number of nitrogens with zero attached hydrogens (tertiary/aromatic N) is 4. The fourth-order valence-electron chi connectivity index (χ4n) is 3.49. The van der Waals surface area contributed by atoms with E-state index in [1.54, 1.807) is 17.5 Å². The Morgan fingerprint density at radius 3 is 2.96 bits per heavy atom. The molecule has 25 heavy (non-hydrogen) atoms. The Labute approximate surface area is 151 Å². The number of piperidine rings is 1. The molecule has 1 aliphatic rings. The fourth-order valence-corrected chi connectivity index (χ4v) is 4.51. The zero-order valence-corrected chi connectivity index (χ0v) is 15.4. The topological polar surface area (TPSA) is 62.1 Å². The summed E-state index contributed by atoms with van der Waals surface area (Å²) in [7, 11) is 0. The maximum Gasteiger partial charge on any atom is 0.164 e. The Balaban J connectivity index is 1.88. The fraction of sp³-hybridized carbons (Fsp3) is 0.421. The Bertz CT molecular complexity index is 893. The predicted octanol–water partition coefficient (Wildman–Crippen LogP) is 3.58. The molecule has 0 aromatic carbocycles. The second-order valence-corrected chi connectivity index (χ2v) is 7.92. The molecule has 5 nitrogen and oxygen atoms in total. The maximum atomic E-state index is 9.59. The lowest BCUT2D eigenvalue weighted by Crippen LogP contribution is -2.37. The Morgan fingerprint density at radius 2 is 2.20 bits per heavy atom.